The Morgan fingerprint density at radius 1 is 1.45 bits per heavy atom. The number of nitro benzene ring substituents is 1. The third-order valence-electron chi connectivity index (χ3n) is 4.26. The van der Waals surface area contributed by atoms with Crippen molar-refractivity contribution in [3.8, 4) is 0 Å². The van der Waals surface area contributed by atoms with Gasteiger partial charge in [-0.15, -0.1) is 0 Å². The molecule has 0 heterocycles. The van der Waals surface area contributed by atoms with Gasteiger partial charge in [-0.2, -0.15) is 0 Å². The van der Waals surface area contributed by atoms with Gasteiger partial charge in [0.05, 0.1) is 4.92 Å². The molecule has 0 saturated heterocycles. The average molecular weight is 277 g/mol. The molecule has 1 aliphatic rings. The summed E-state index contributed by atoms with van der Waals surface area (Å²) in [6, 6.07) is 7.38. The second-order valence-corrected chi connectivity index (χ2v) is 5.63. The third kappa shape index (κ3) is 3.55. The summed E-state index contributed by atoms with van der Waals surface area (Å²) in [5.74, 6) is 0.518. The third-order valence-corrected chi connectivity index (χ3v) is 4.26. The molecule has 1 aliphatic carbocycles. The summed E-state index contributed by atoms with van der Waals surface area (Å²) in [6.07, 6.45) is 4.80. The van der Waals surface area contributed by atoms with E-state index >= 15 is 0 Å². The molecule has 0 spiro atoms. The van der Waals surface area contributed by atoms with Crippen LogP contribution >= 0.6 is 0 Å². The number of nitrogens with zero attached hydrogens (tertiary/aromatic N) is 1. The van der Waals surface area contributed by atoms with Gasteiger partial charge in [-0.1, -0.05) is 25.0 Å². The van der Waals surface area contributed by atoms with Gasteiger partial charge in [-0.3, -0.25) is 10.1 Å². The van der Waals surface area contributed by atoms with E-state index in [4.69, 9.17) is 5.73 Å². The number of nitrogens with two attached hydrogens (primary N) is 1. The van der Waals surface area contributed by atoms with Crippen LogP contribution in [0, 0.1) is 16.0 Å². The number of hydrogen-bond acceptors (Lipinski definition) is 4. The van der Waals surface area contributed by atoms with Gasteiger partial charge in [0.1, 0.15) is 0 Å². The fourth-order valence-corrected chi connectivity index (χ4v) is 3.03. The maximum absolute atomic E-state index is 10.8. The van der Waals surface area contributed by atoms with Crippen molar-refractivity contribution in [2.75, 3.05) is 6.54 Å². The van der Waals surface area contributed by atoms with Crippen LogP contribution in [-0.4, -0.2) is 17.5 Å². The summed E-state index contributed by atoms with van der Waals surface area (Å²) in [5.41, 5.74) is 6.95. The Balaban J connectivity index is 2.05. The molecule has 0 bridgehead atoms. The van der Waals surface area contributed by atoms with Crippen LogP contribution in [0.15, 0.2) is 24.3 Å². The van der Waals surface area contributed by atoms with E-state index in [2.05, 4.69) is 12.2 Å². The molecule has 5 nitrogen and oxygen atoms in total. The Morgan fingerprint density at radius 2 is 2.20 bits per heavy atom. The molecule has 3 N–H and O–H groups in total. The summed E-state index contributed by atoms with van der Waals surface area (Å²) in [5, 5.41) is 14.4. The van der Waals surface area contributed by atoms with Gasteiger partial charge in [0.15, 0.2) is 0 Å². The van der Waals surface area contributed by atoms with E-state index in [9.17, 15) is 10.1 Å². The Morgan fingerprint density at radius 3 is 2.90 bits per heavy atom. The molecule has 5 heteroatoms. The molecule has 0 aliphatic heterocycles. The summed E-state index contributed by atoms with van der Waals surface area (Å²) < 4.78 is 0. The van der Waals surface area contributed by atoms with Crippen LogP contribution in [0.3, 0.4) is 0 Å². The second-order valence-electron chi connectivity index (χ2n) is 5.63. The summed E-state index contributed by atoms with van der Waals surface area (Å²) in [7, 11) is 0. The zero-order chi connectivity index (χ0) is 14.5. The molecule has 2 rings (SSSR count). The van der Waals surface area contributed by atoms with Crippen LogP contribution in [0.25, 0.3) is 0 Å². The smallest absolute Gasteiger partial charge is 0.269 e. The normalized spacial score (nSPS) is 24.3. The van der Waals surface area contributed by atoms with E-state index in [1.165, 1.54) is 25.3 Å². The highest BCUT2D eigenvalue weighted by Gasteiger charge is 2.25. The van der Waals surface area contributed by atoms with Crippen molar-refractivity contribution >= 4 is 5.69 Å². The van der Waals surface area contributed by atoms with E-state index < -0.39 is 0 Å². The average Bonchev–Trinajstić information content (AvgIpc) is 2.48. The van der Waals surface area contributed by atoms with Gasteiger partial charge in [0, 0.05) is 24.2 Å². The van der Waals surface area contributed by atoms with Crippen molar-refractivity contribution < 1.29 is 4.92 Å². The standard InChI is InChI=1S/C15H23N3O2/c1-11(12-6-4-7-14(9-12)18(19)20)17-15-8-3-2-5-13(15)10-16/h4,6-7,9,11,13,15,17H,2-3,5,8,10,16H2,1H3. The molecule has 0 amide bonds. The molecular formula is C15H23N3O2. The van der Waals surface area contributed by atoms with Gasteiger partial charge in [-0.05, 0) is 37.8 Å². The van der Waals surface area contributed by atoms with Crippen LogP contribution in [-0.2, 0) is 0 Å². The lowest BCUT2D eigenvalue weighted by Crippen LogP contribution is -2.42. The SMILES string of the molecule is CC(NC1CCCCC1CN)c1cccc([N+](=O)[O-])c1. The topological polar surface area (TPSA) is 81.2 Å². The second kappa shape index (κ2) is 6.81. The van der Waals surface area contributed by atoms with Crippen LogP contribution < -0.4 is 11.1 Å². The summed E-state index contributed by atoms with van der Waals surface area (Å²) in [6.45, 7) is 2.76. The predicted octanol–water partition coefficient (Wildman–Crippen LogP) is 2.76. The van der Waals surface area contributed by atoms with Gasteiger partial charge < -0.3 is 11.1 Å². The zero-order valence-corrected chi connectivity index (χ0v) is 11.9. The highest BCUT2D eigenvalue weighted by Crippen LogP contribution is 2.27. The van der Waals surface area contributed by atoms with Gasteiger partial charge >= 0.3 is 0 Å². The Bertz CT molecular complexity index is 464. The fraction of sp³-hybridized carbons (Fsp3) is 0.600. The maximum atomic E-state index is 10.8. The van der Waals surface area contributed by atoms with Crippen LogP contribution in [0.5, 0.6) is 0 Å². The fourth-order valence-electron chi connectivity index (χ4n) is 3.03. The molecule has 1 aromatic carbocycles. The van der Waals surface area contributed by atoms with E-state index in [1.54, 1.807) is 12.1 Å². The molecule has 3 atom stereocenters. The Hall–Kier alpha value is -1.46. The van der Waals surface area contributed by atoms with E-state index in [1.807, 2.05) is 6.07 Å². The van der Waals surface area contributed by atoms with Crippen molar-refractivity contribution in [3.05, 3.63) is 39.9 Å². The number of nitro groups is 1. The highest BCUT2D eigenvalue weighted by atomic mass is 16.6. The van der Waals surface area contributed by atoms with Crippen LogP contribution in [0.4, 0.5) is 5.69 Å². The molecule has 1 aromatic rings. The number of benzene rings is 1. The predicted molar refractivity (Wildman–Crippen MR) is 79.4 cm³/mol. The largest absolute Gasteiger partial charge is 0.330 e. The van der Waals surface area contributed by atoms with Crippen molar-refractivity contribution in [3.63, 3.8) is 0 Å². The maximum Gasteiger partial charge on any atom is 0.269 e. The van der Waals surface area contributed by atoms with Gasteiger partial charge in [0.2, 0.25) is 0 Å². The number of hydrogen-bond donors (Lipinski definition) is 2. The molecule has 0 radical (unpaired) electrons. The molecule has 3 unspecified atom stereocenters. The van der Waals surface area contributed by atoms with Crippen molar-refractivity contribution in [1.82, 2.24) is 5.32 Å². The molecule has 1 saturated carbocycles. The minimum absolute atomic E-state index is 0.104. The minimum atomic E-state index is -0.348. The van der Waals surface area contributed by atoms with Crippen molar-refractivity contribution in [2.24, 2.45) is 11.7 Å². The minimum Gasteiger partial charge on any atom is -0.330 e. The molecule has 20 heavy (non-hydrogen) atoms. The Labute approximate surface area is 119 Å². The molecule has 0 aromatic heterocycles. The molecule has 110 valence electrons. The van der Waals surface area contributed by atoms with E-state index in [0.29, 0.717) is 18.5 Å². The van der Waals surface area contributed by atoms with Gasteiger partial charge in [-0.25, -0.2) is 0 Å². The number of non-ortho nitro benzene ring substituents is 1. The first-order valence-corrected chi connectivity index (χ1v) is 7.32. The monoisotopic (exact) mass is 277 g/mol. The number of nitrogens with one attached hydrogen (secondary N) is 1. The van der Waals surface area contributed by atoms with Crippen molar-refractivity contribution in [1.29, 1.82) is 0 Å². The van der Waals surface area contributed by atoms with Crippen LogP contribution in [0.2, 0.25) is 0 Å². The van der Waals surface area contributed by atoms with Crippen molar-refractivity contribution in [2.45, 2.75) is 44.7 Å². The lowest BCUT2D eigenvalue weighted by Gasteiger charge is -2.33. The summed E-state index contributed by atoms with van der Waals surface area (Å²) in [4.78, 5) is 10.5. The zero-order valence-electron chi connectivity index (χ0n) is 11.9. The summed E-state index contributed by atoms with van der Waals surface area (Å²) >= 11 is 0. The van der Waals surface area contributed by atoms with E-state index in [0.717, 1.165) is 12.0 Å². The van der Waals surface area contributed by atoms with Crippen LogP contribution in [0.1, 0.15) is 44.2 Å². The highest BCUT2D eigenvalue weighted by molar-refractivity contribution is 5.35. The molecule has 1 fully saturated rings. The first kappa shape index (κ1) is 14.9. The number of rotatable bonds is 5. The quantitative estimate of drug-likeness (QED) is 0.640. The lowest BCUT2D eigenvalue weighted by molar-refractivity contribution is -0.384. The first-order valence-electron chi connectivity index (χ1n) is 7.32. The molecular weight excluding hydrogens is 254 g/mol. The lowest BCUT2D eigenvalue weighted by atomic mass is 9.84. The van der Waals surface area contributed by atoms with E-state index in [-0.39, 0.29) is 16.7 Å². The van der Waals surface area contributed by atoms with Gasteiger partial charge in [0.25, 0.3) is 5.69 Å². The Kier molecular flexibility index (Phi) is 5.09. The first-order chi connectivity index (χ1) is 9.61.